The molecule has 0 radical (unpaired) electrons. The van der Waals surface area contributed by atoms with Crippen LogP contribution in [0.1, 0.15) is 73.7 Å². The van der Waals surface area contributed by atoms with Gasteiger partial charge in [0, 0.05) is 23.9 Å². The standard InChI is InChI=1S/C21H33N3O3S/c1-5-6-7-10-16-14(4)17(18(22)25)20(28-16)23-19(26)15-9-8-11-24(12-15)21(27)13(2)3/h13,15H,5-12H2,1-4H3,(H2,22,25)(H,23,26). The summed E-state index contributed by atoms with van der Waals surface area (Å²) in [5.41, 5.74) is 6.90. The lowest BCUT2D eigenvalue weighted by Crippen LogP contribution is -2.45. The fraction of sp³-hybridized carbons (Fsp3) is 0.667. The van der Waals surface area contributed by atoms with Crippen molar-refractivity contribution in [2.24, 2.45) is 17.6 Å². The first kappa shape index (κ1) is 22.4. The van der Waals surface area contributed by atoms with Gasteiger partial charge in [-0.2, -0.15) is 0 Å². The van der Waals surface area contributed by atoms with Gasteiger partial charge >= 0.3 is 0 Å². The Morgan fingerprint density at radius 1 is 1.29 bits per heavy atom. The first-order valence-electron chi connectivity index (χ1n) is 10.3. The number of hydrogen-bond acceptors (Lipinski definition) is 4. The molecule has 156 valence electrons. The zero-order valence-corrected chi connectivity index (χ0v) is 18.3. The van der Waals surface area contributed by atoms with Crippen molar-refractivity contribution in [3.63, 3.8) is 0 Å². The average Bonchev–Trinajstić information content (AvgIpc) is 2.96. The molecule has 0 spiro atoms. The number of carbonyl (C=O) groups is 3. The number of amides is 3. The summed E-state index contributed by atoms with van der Waals surface area (Å²) >= 11 is 1.46. The number of unbranched alkanes of at least 4 members (excludes halogenated alkanes) is 2. The fourth-order valence-corrected chi connectivity index (χ4v) is 4.95. The SMILES string of the molecule is CCCCCc1sc(NC(=O)C2CCCN(C(=O)C(C)C)C2)c(C(N)=O)c1C. The van der Waals surface area contributed by atoms with Crippen LogP contribution in [-0.2, 0) is 16.0 Å². The van der Waals surface area contributed by atoms with E-state index in [1.165, 1.54) is 11.3 Å². The van der Waals surface area contributed by atoms with Crippen LogP contribution in [0.3, 0.4) is 0 Å². The Bertz CT molecular complexity index is 727. The summed E-state index contributed by atoms with van der Waals surface area (Å²) in [7, 11) is 0. The van der Waals surface area contributed by atoms with Crippen molar-refractivity contribution in [1.82, 2.24) is 4.90 Å². The monoisotopic (exact) mass is 407 g/mol. The van der Waals surface area contributed by atoms with E-state index in [1.807, 2.05) is 20.8 Å². The molecule has 0 aromatic carbocycles. The minimum atomic E-state index is -0.508. The van der Waals surface area contributed by atoms with E-state index in [2.05, 4.69) is 12.2 Å². The number of thiophene rings is 1. The van der Waals surface area contributed by atoms with Gasteiger partial charge in [0.15, 0.2) is 0 Å². The molecule has 0 saturated carbocycles. The van der Waals surface area contributed by atoms with Gasteiger partial charge in [0.2, 0.25) is 11.8 Å². The molecule has 1 fully saturated rings. The van der Waals surface area contributed by atoms with Crippen molar-refractivity contribution < 1.29 is 14.4 Å². The molecule has 2 heterocycles. The van der Waals surface area contributed by atoms with E-state index >= 15 is 0 Å². The molecule has 28 heavy (non-hydrogen) atoms. The number of carbonyl (C=O) groups excluding carboxylic acids is 3. The Hall–Kier alpha value is -1.89. The highest BCUT2D eigenvalue weighted by atomic mass is 32.1. The van der Waals surface area contributed by atoms with Gasteiger partial charge in [-0.3, -0.25) is 14.4 Å². The molecule has 1 unspecified atom stereocenters. The highest BCUT2D eigenvalue weighted by Gasteiger charge is 2.30. The van der Waals surface area contributed by atoms with Crippen molar-refractivity contribution >= 4 is 34.1 Å². The van der Waals surface area contributed by atoms with Crippen LogP contribution in [0, 0.1) is 18.8 Å². The van der Waals surface area contributed by atoms with Crippen LogP contribution in [0.2, 0.25) is 0 Å². The van der Waals surface area contributed by atoms with Gasteiger partial charge in [0.05, 0.1) is 11.5 Å². The Labute approximate surface area is 171 Å². The molecule has 2 rings (SSSR count). The lowest BCUT2D eigenvalue weighted by atomic mass is 9.96. The third-order valence-corrected chi connectivity index (χ3v) is 6.60. The normalized spacial score (nSPS) is 17.0. The number of nitrogens with zero attached hydrogens (tertiary/aromatic N) is 1. The third-order valence-electron chi connectivity index (χ3n) is 5.33. The summed E-state index contributed by atoms with van der Waals surface area (Å²) < 4.78 is 0. The number of primary amides is 1. The quantitative estimate of drug-likeness (QED) is 0.643. The van der Waals surface area contributed by atoms with E-state index in [1.54, 1.807) is 4.90 Å². The first-order chi connectivity index (χ1) is 13.3. The predicted molar refractivity (Wildman–Crippen MR) is 114 cm³/mol. The number of nitrogens with one attached hydrogen (secondary N) is 1. The van der Waals surface area contributed by atoms with Gasteiger partial charge < -0.3 is 16.0 Å². The zero-order valence-electron chi connectivity index (χ0n) is 17.5. The van der Waals surface area contributed by atoms with Gasteiger partial charge in [0.25, 0.3) is 5.91 Å². The largest absolute Gasteiger partial charge is 0.365 e. The topological polar surface area (TPSA) is 92.5 Å². The minimum absolute atomic E-state index is 0.0751. The van der Waals surface area contributed by atoms with Crippen molar-refractivity contribution in [2.45, 2.75) is 66.2 Å². The van der Waals surface area contributed by atoms with Gasteiger partial charge in [-0.15, -0.1) is 11.3 Å². The van der Waals surface area contributed by atoms with Gasteiger partial charge in [-0.1, -0.05) is 33.6 Å². The van der Waals surface area contributed by atoms with E-state index in [4.69, 9.17) is 5.73 Å². The second-order valence-corrected chi connectivity index (χ2v) is 9.05. The molecule has 0 bridgehead atoms. The smallest absolute Gasteiger partial charge is 0.251 e. The van der Waals surface area contributed by atoms with E-state index in [9.17, 15) is 14.4 Å². The van der Waals surface area contributed by atoms with E-state index in [0.29, 0.717) is 23.7 Å². The fourth-order valence-electron chi connectivity index (χ4n) is 3.69. The summed E-state index contributed by atoms with van der Waals surface area (Å²) in [6, 6.07) is 0. The van der Waals surface area contributed by atoms with Crippen molar-refractivity contribution in [2.75, 3.05) is 18.4 Å². The lowest BCUT2D eigenvalue weighted by molar-refractivity contribution is -0.137. The molecule has 1 aromatic rings. The molecule has 1 saturated heterocycles. The summed E-state index contributed by atoms with van der Waals surface area (Å²) in [6.45, 7) is 8.94. The molecule has 7 heteroatoms. The zero-order chi connectivity index (χ0) is 20.8. The van der Waals surface area contributed by atoms with E-state index in [-0.39, 0.29) is 23.7 Å². The van der Waals surface area contributed by atoms with Crippen LogP contribution in [0.5, 0.6) is 0 Å². The second-order valence-electron chi connectivity index (χ2n) is 7.94. The Balaban J connectivity index is 2.13. The molecule has 0 aliphatic carbocycles. The Morgan fingerprint density at radius 3 is 2.61 bits per heavy atom. The van der Waals surface area contributed by atoms with Crippen molar-refractivity contribution in [3.05, 3.63) is 16.0 Å². The van der Waals surface area contributed by atoms with Crippen LogP contribution in [0.4, 0.5) is 5.00 Å². The molecule has 1 aliphatic rings. The number of piperidine rings is 1. The third kappa shape index (κ3) is 5.34. The highest BCUT2D eigenvalue weighted by molar-refractivity contribution is 7.17. The van der Waals surface area contributed by atoms with E-state index in [0.717, 1.165) is 49.0 Å². The summed E-state index contributed by atoms with van der Waals surface area (Å²) in [5.74, 6) is -0.895. The predicted octanol–water partition coefficient (Wildman–Crippen LogP) is 3.72. The van der Waals surface area contributed by atoms with Crippen LogP contribution in [0.15, 0.2) is 0 Å². The Kier molecular flexibility index (Phi) is 8.04. The molecule has 1 aliphatic heterocycles. The number of nitrogens with two attached hydrogens (primary N) is 1. The number of aryl methyl sites for hydroxylation is 1. The summed E-state index contributed by atoms with van der Waals surface area (Å²) in [5, 5.41) is 3.49. The number of anilines is 1. The number of rotatable bonds is 8. The molecular weight excluding hydrogens is 374 g/mol. The average molecular weight is 408 g/mol. The second kappa shape index (κ2) is 10.0. The highest BCUT2D eigenvalue weighted by Crippen LogP contribution is 2.34. The van der Waals surface area contributed by atoms with Crippen LogP contribution in [0.25, 0.3) is 0 Å². The maximum Gasteiger partial charge on any atom is 0.251 e. The van der Waals surface area contributed by atoms with Gasteiger partial charge in [-0.05, 0) is 38.2 Å². The molecule has 6 nitrogen and oxygen atoms in total. The molecule has 3 amide bonds. The summed E-state index contributed by atoms with van der Waals surface area (Å²) in [6.07, 6.45) is 5.76. The maximum absolute atomic E-state index is 12.9. The lowest BCUT2D eigenvalue weighted by Gasteiger charge is -2.33. The van der Waals surface area contributed by atoms with E-state index < -0.39 is 5.91 Å². The van der Waals surface area contributed by atoms with Crippen molar-refractivity contribution in [1.29, 1.82) is 0 Å². The molecule has 3 N–H and O–H groups in total. The summed E-state index contributed by atoms with van der Waals surface area (Å²) in [4.78, 5) is 40.0. The van der Waals surface area contributed by atoms with Crippen LogP contribution >= 0.6 is 11.3 Å². The molecule has 1 atom stereocenters. The molecule has 1 aromatic heterocycles. The van der Waals surface area contributed by atoms with Crippen molar-refractivity contribution in [3.8, 4) is 0 Å². The minimum Gasteiger partial charge on any atom is -0.365 e. The Morgan fingerprint density at radius 2 is 2.00 bits per heavy atom. The number of likely N-dealkylation sites (tertiary alicyclic amines) is 1. The molecular formula is C21H33N3O3S. The first-order valence-corrected chi connectivity index (χ1v) is 11.1. The maximum atomic E-state index is 12.9. The van der Waals surface area contributed by atoms with Crippen LogP contribution in [-0.4, -0.2) is 35.7 Å². The van der Waals surface area contributed by atoms with Crippen LogP contribution < -0.4 is 11.1 Å². The number of hydrogen-bond donors (Lipinski definition) is 2. The van der Waals surface area contributed by atoms with Gasteiger partial charge in [-0.25, -0.2) is 0 Å². The van der Waals surface area contributed by atoms with Gasteiger partial charge in [0.1, 0.15) is 5.00 Å².